The molecule has 1 fully saturated rings. The fraction of sp³-hybridized carbons (Fsp3) is 0.364. The fourth-order valence-corrected chi connectivity index (χ4v) is 6.09. The molecular weight excluding hydrogens is 386 g/mol. The van der Waals surface area contributed by atoms with Crippen molar-refractivity contribution in [2.75, 3.05) is 6.54 Å². The predicted octanol–water partition coefficient (Wildman–Crippen LogP) is 4.06. The van der Waals surface area contributed by atoms with Gasteiger partial charge in [0.1, 0.15) is 6.04 Å². The molecule has 1 atom stereocenters. The van der Waals surface area contributed by atoms with Crippen molar-refractivity contribution in [3.63, 3.8) is 0 Å². The van der Waals surface area contributed by atoms with E-state index in [0.717, 1.165) is 42.4 Å². The highest BCUT2D eigenvalue weighted by molar-refractivity contribution is 7.89. The first kappa shape index (κ1) is 18.5. The Bertz CT molecular complexity index is 1170. The van der Waals surface area contributed by atoms with Gasteiger partial charge in [0.05, 0.1) is 4.90 Å². The molecule has 0 saturated carbocycles. The molecule has 1 aliphatic carbocycles. The van der Waals surface area contributed by atoms with Crippen LogP contribution < -0.4 is 0 Å². The monoisotopic (exact) mass is 409 g/mol. The zero-order valence-corrected chi connectivity index (χ0v) is 17.2. The van der Waals surface area contributed by atoms with E-state index in [-0.39, 0.29) is 0 Å². The minimum absolute atomic E-state index is 0.364. The van der Waals surface area contributed by atoms with Crippen molar-refractivity contribution in [1.29, 1.82) is 0 Å². The zero-order chi connectivity index (χ0) is 20.0. The van der Waals surface area contributed by atoms with E-state index in [0.29, 0.717) is 29.6 Å². The molecule has 0 amide bonds. The SMILES string of the molecule is Cc1cccc(-c2noc([C@@H]3CCCN3S(=O)(=O)c3ccc4c(c3)CCC4)n2)c1. The van der Waals surface area contributed by atoms with E-state index in [1.165, 1.54) is 9.87 Å². The minimum Gasteiger partial charge on any atom is -0.337 e. The van der Waals surface area contributed by atoms with Crippen molar-refractivity contribution in [3.05, 3.63) is 65.0 Å². The molecule has 2 aliphatic rings. The van der Waals surface area contributed by atoms with E-state index in [1.54, 1.807) is 6.07 Å². The highest BCUT2D eigenvalue weighted by atomic mass is 32.2. The predicted molar refractivity (Wildman–Crippen MR) is 109 cm³/mol. The molecule has 0 N–H and O–H groups in total. The van der Waals surface area contributed by atoms with Crippen LogP contribution in [0.15, 0.2) is 51.9 Å². The Hall–Kier alpha value is -2.51. The van der Waals surface area contributed by atoms with Gasteiger partial charge in [-0.05, 0) is 68.4 Å². The van der Waals surface area contributed by atoms with Gasteiger partial charge in [0.2, 0.25) is 21.7 Å². The summed E-state index contributed by atoms with van der Waals surface area (Å²) in [7, 11) is -3.61. The summed E-state index contributed by atoms with van der Waals surface area (Å²) in [5.41, 5.74) is 4.39. The van der Waals surface area contributed by atoms with Crippen LogP contribution in [0.2, 0.25) is 0 Å². The van der Waals surface area contributed by atoms with Crippen LogP contribution in [0.1, 0.15) is 47.9 Å². The van der Waals surface area contributed by atoms with Gasteiger partial charge in [-0.15, -0.1) is 0 Å². The van der Waals surface area contributed by atoms with Crippen LogP contribution in [-0.2, 0) is 22.9 Å². The van der Waals surface area contributed by atoms with Gasteiger partial charge in [-0.1, -0.05) is 35.0 Å². The molecule has 0 radical (unpaired) electrons. The van der Waals surface area contributed by atoms with E-state index in [4.69, 9.17) is 4.52 Å². The van der Waals surface area contributed by atoms with Gasteiger partial charge in [-0.3, -0.25) is 0 Å². The van der Waals surface area contributed by atoms with E-state index in [2.05, 4.69) is 10.1 Å². The molecule has 150 valence electrons. The normalized spacial score (nSPS) is 19.6. The second kappa shape index (κ2) is 7.07. The van der Waals surface area contributed by atoms with E-state index in [1.807, 2.05) is 43.3 Å². The first-order valence-electron chi connectivity index (χ1n) is 10.1. The molecule has 6 nitrogen and oxygen atoms in total. The number of hydrogen-bond acceptors (Lipinski definition) is 5. The van der Waals surface area contributed by atoms with Crippen molar-refractivity contribution in [3.8, 4) is 11.4 Å². The molecule has 1 aliphatic heterocycles. The fourth-order valence-electron chi connectivity index (χ4n) is 4.39. The van der Waals surface area contributed by atoms with Crippen LogP contribution in [0.4, 0.5) is 0 Å². The third-order valence-electron chi connectivity index (χ3n) is 5.88. The van der Waals surface area contributed by atoms with Crippen molar-refractivity contribution in [2.45, 2.75) is 50.0 Å². The Morgan fingerprint density at radius 2 is 1.93 bits per heavy atom. The van der Waals surface area contributed by atoms with Crippen LogP contribution in [0.5, 0.6) is 0 Å². The van der Waals surface area contributed by atoms with Gasteiger partial charge in [0, 0.05) is 12.1 Å². The first-order chi connectivity index (χ1) is 14.0. The quantitative estimate of drug-likeness (QED) is 0.649. The van der Waals surface area contributed by atoms with Crippen molar-refractivity contribution < 1.29 is 12.9 Å². The smallest absolute Gasteiger partial charge is 0.245 e. The van der Waals surface area contributed by atoms with Gasteiger partial charge in [-0.25, -0.2) is 8.42 Å². The molecule has 1 aromatic heterocycles. The molecule has 3 aromatic rings. The van der Waals surface area contributed by atoms with Crippen molar-refractivity contribution >= 4 is 10.0 Å². The number of nitrogens with zero attached hydrogens (tertiary/aromatic N) is 3. The second-order valence-corrected chi connectivity index (χ2v) is 9.77. The maximum atomic E-state index is 13.4. The summed E-state index contributed by atoms with van der Waals surface area (Å²) in [4.78, 5) is 4.90. The lowest BCUT2D eigenvalue weighted by molar-refractivity contribution is 0.290. The first-order valence-corrected chi connectivity index (χ1v) is 11.5. The summed E-state index contributed by atoms with van der Waals surface area (Å²) in [5.74, 6) is 0.856. The van der Waals surface area contributed by atoms with Crippen LogP contribution in [0.3, 0.4) is 0 Å². The van der Waals surface area contributed by atoms with Crippen LogP contribution in [0.25, 0.3) is 11.4 Å². The summed E-state index contributed by atoms with van der Waals surface area (Å²) in [6, 6.07) is 13.0. The molecule has 2 heterocycles. The number of sulfonamides is 1. The maximum Gasteiger partial charge on any atom is 0.245 e. The maximum absolute atomic E-state index is 13.4. The van der Waals surface area contributed by atoms with E-state index in [9.17, 15) is 8.42 Å². The number of hydrogen-bond donors (Lipinski definition) is 0. The van der Waals surface area contributed by atoms with Gasteiger partial charge in [0.25, 0.3) is 0 Å². The lowest BCUT2D eigenvalue weighted by atomic mass is 10.1. The highest BCUT2D eigenvalue weighted by Crippen LogP contribution is 2.37. The Morgan fingerprint density at radius 1 is 1.07 bits per heavy atom. The average molecular weight is 410 g/mol. The number of aromatic nitrogens is 2. The number of benzene rings is 2. The Kier molecular flexibility index (Phi) is 4.52. The second-order valence-electron chi connectivity index (χ2n) is 7.88. The minimum atomic E-state index is -3.61. The van der Waals surface area contributed by atoms with Crippen LogP contribution in [-0.4, -0.2) is 29.4 Å². The molecule has 29 heavy (non-hydrogen) atoms. The zero-order valence-electron chi connectivity index (χ0n) is 16.3. The third kappa shape index (κ3) is 3.28. The number of rotatable bonds is 4. The topological polar surface area (TPSA) is 76.3 Å². The molecule has 0 spiro atoms. The summed E-state index contributed by atoms with van der Waals surface area (Å²) < 4.78 is 33.8. The third-order valence-corrected chi connectivity index (χ3v) is 7.79. The van der Waals surface area contributed by atoms with Gasteiger partial charge >= 0.3 is 0 Å². The Balaban J connectivity index is 1.46. The standard InChI is InChI=1S/C22H23N3O3S/c1-15-5-2-8-18(13-15)21-23-22(28-24-21)20-9-4-12-25(20)29(26,27)19-11-10-16-6-3-7-17(16)14-19/h2,5,8,10-11,13-14,20H,3-4,6-7,9,12H2,1H3/t20-/m0/s1. The van der Waals surface area contributed by atoms with E-state index >= 15 is 0 Å². The number of fused-ring (bicyclic) bond motifs is 1. The van der Waals surface area contributed by atoms with Crippen LogP contribution in [0, 0.1) is 6.92 Å². The molecule has 0 bridgehead atoms. The molecular formula is C22H23N3O3S. The van der Waals surface area contributed by atoms with Gasteiger partial charge in [0.15, 0.2) is 0 Å². The van der Waals surface area contributed by atoms with Crippen molar-refractivity contribution in [1.82, 2.24) is 14.4 Å². The summed E-state index contributed by atoms with van der Waals surface area (Å²) in [6.07, 6.45) is 4.53. The van der Waals surface area contributed by atoms with Crippen LogP contribution >= 0.6 is 0 Å². The molecule has 0 unspecified atom stereocenters. The lowest BCUT2D eigenvalue weighted by Crippen LogP contribution is -2.31. The average Bonchev–Trinajstić information content (AvgIpc) is 3.46. The molecule has 2 aromatic carbocycles. The molecule has 7 heteroatoms. The molecule has 1 saturated heterocycles. The summed E-state index contributed by atoms with van der Waals surface area (Å²) in [5, 5.41) is 4.10. The van der Waals surface area contributed by atoms with E-state index < -0.39 is 16.1 Å². The Morgan fingerprint density at radius 3 is 2.79 bits per heavy atom. The Labute approximate surface area is 170 Å². The summed E-state index contributed by atoms with van der Waals surface area (Å²) in [6.45, 7) is 2.47. The highest BCUT2D eigenvalue weighted by Gasteiger charge is 2.39. The van der Waals surface area contributed by atoms with Crippen molar-refractivity contribution in [2.24, 2.45) is 0 Å². The number of aryl methyl sites for hydroxylation is 3. The summed E-state index contributed by atoms with van der Waals surface area (Å²) >= 11 is 0. The lowest BCUT2D eigenvalue weighted by Gasteiger charge is -2.21. The van der Waals surface area contributed by atoms with Gasteiger partial charge < -0.3 is 4.52 Å². The van der Waals surface area contributed by atoms with Gasteiger partial charge in [-0.2, -0.15) is 9.29 Å². The molecule has 5 rings (SSSR count). The largest absolute Gasteiger partial charge is 0.337 e.